The maximum Gasteiger partial charge on any atom is 0.180 e. The molecule has 5 heteroatoms. The van der Waals surface area contributed by atoms with E-state index in [2.05, 4.69) is 19.2 Å². The number of sulfone groups is 1. The van der Waals surface area contributed by atoms with Gasteiger partial charge in [-0.25, -0.2) is 8.42 Å². The molecule has 0 saturated carbocycles. The molecule has 0 amide bonds. The number of benzene rings is 1. The lowest BCUT2D eigenvalue weighted by Crippen LogP contribution is -2.33. The van der Waals surface area contributed by atoms with E-state index in [1.807, 2.05) is 23.9 Å². The highest BCUT2D eigenvalue weighted by molar-refractivity contribution is 7.99. The highest BCUT2D eigenvalue weighted by Gasteiger charge is 2.34. The first kappa shape index (κ1) is 13.9. The van der Waals surface area contributed by atoms with Crippen LogP contribution in [0.4, 0.5) is 0 Å². The van der Waals surface area contributed by atoms with Crippen molar-refractivity contribution in [3.63, 3.8) is 0 Å². The second-order valence-corrected chi connectivity index (χ2v) is 7.92. The summed E-state index contributed by atoms with van der Waals surface area (Å²) < 4.78 is 24.0. The van der Waals surface area contributed by atoms with Gasteiger partial charge in [-0.05, 0) is 24.3 Å². The molecule has 100 valence electrons. The zero-order valence-corrected chi connectivity index (χ0v) is 12.4. The Hall–Kier alpha value is -0.520. The van der Waals surface area contributed by atoms with Crippen molar-refractivity contribution in [2.45, 2.75) is 30.8 Å². The van der Waals surface area contributed by atoms with Crippen LogP contribution in [0, 0.1) is 0 Å². The summed E-state index contributed by atoms with van der Waals surface area (Å²) in [5.41, 5.74) is 0.922. The van der Waals surface area contributed by atoms with E-state index in [-0.39, 0.29) is 11.8 Å². The molecule has 1 aliphatic rings. The van der Waals surface area contributed by atoms with Crippen LogP contribution in [0.25, 0.3) is 0 Å². The summed E-state index contributed by atoms with van der Waals surface area (Å²) in [4.78, 5) is 0.498. The third kappa shape index (κ3) is 2.90. The third-order valence-corrected chi connectivity index (χ3v) is 6.03. The number of hydrogen-bond donors (Lipinski definition) is 1. The van der Waals surface area contributed by atoms with Gasteiger partial charge in [0.15, 0.2) is 9.84 Å². The SMILES string of the molecule is CCSCC(C)NC1CS(=O)(=O)c2ccccc21. The average molecular weight is 285 g/mol. The minimum Gasteiger partial charge on any atom is -0.306 e. The predicted octanol–water partition coefficient (Wildman–Crippen LogP) is 2.25. The largest absolute Gasteiger partial charge is 0.306 e. The summed E-state index contributed by atoms with van der Waals surface area (Å²) in [5, 5.41) is 3.43. The lowest BCUT2D eigenvalue weighted by atomic mass is 10.1. The van der Waals surface area contributed by atoms with Crippen LogP contribution in [0.1, 0.15) is 25.5 Å². The summed E-state index contributed by atoms with van der Waals surface area (Å²) in [7, 11) is -3.09. The molecule has 1 aromatic rings. The third-order valence-electron chi connectivity index (χ3n) is 3.07. The van der Waals surface area contributed by atoms with E-state index in [4.69, 9.17) is 0 Å². The molecular weight excluding hydrogens is 266 g/mol. The van der Waals surface area contributed by atoms with E-state index in [1.165, 1.54) is 0 Å². The standard InChI is InChI=1S/C13H19NO2S2/c1-3-17-8-10(2)14-12-9-18(15,16)13-7-5-4-6-11(12)13/h4-7,10,12,14H,3,8-9H2,1-2H3. The van der Waals surface area contributed by atoms with Crippen LogP contribution in [0.15, 0.2) is 29.2 Å². The maximum absolute atomic E-state index is 12.0. The molecule has 2 rings (SSSR count). The van der Waals surface area contributed by atoms with Crippen molar-refractivity contribution in [3.05, 3.63) is 29.8 Å². The van der Waals surface area contributed by atoms with Crippen LogP contribution < -0.4 is 5.32 Å². The summed E-state index contributed by atoms with van der Waals surface area (Å²) in [6, 6.07) is 7.57. The van der Waals surface area contributed by atoms with Crippen molar-refractivity contribution < 1.29 is 8.42 Å². The number of fused-ring (bicyclic) bond motifs is 1. The van der Waals surface area contributed by atoms with E-state index in [9.17, 15) is 8.42 Å². The smallest absolute Gasteiger partial charge is 0.180 e. The van der Waals surface area contributed by atoms with Crippen molar-refractivity contribution in [2.75, 3.05) is 17.3 Å². The molecule has 0 aliphatic carbocycles. The summed E-state index contributed by atoms with van der Waals surface area (Å²) in [6.07, 6.45) is 0. The minimum atomic E-state index is -3.09. The van der Waals surface area contributed by atoms with Crippen molar-refractivity contribution in [1.82, 2.24) is 5.32 Å². The van der Waals surface area contributed by atoms with E-state index >= 15 is 0 Å². The van der Waals surface area contributed by atoms with Crippen LogP contribution in [-0.4, -0.2) is 31.7 Å². The van der Waals surface area contributed by atoms with Crippen LogP contribution in [0.2, 0.25) is 0 Å². The van der Waals surface area contributed by atoms with E-state index in [1.54, 1.807) is 12.1 Å². The van der Waals surface area contributed by atoms with Crippen LogP contribution in [0.5, 0.6) is 0 Å². The van der Waals surface area contributed by atoms with Gasteiger partial charge in [0.25, 0.3) is 0 Å². The second-order valence-electron chi connectivity index (χ2n) is 4.60. The first-order valence-corrected chi connectivity index (χ1v) is 9.00. The highest BCUT2D eigenvalue weighted by Crippen LogP contribution is 2.33. The molecular formula is C13H19NO2S2. The van der Waals surface area contributed by atoms with Crippen LogP contribution >= 0.6 is 11.8 Å². The van der Waals surface area contributed by atoms with Crippen molar-refractivity contribution in [2.24, 2.45) is 0 Å². The zero-order chi connectivity index (χ0) is 13.2. The number of nitrogens with one attached hydrogen (secondary N) is 1. The van der Waals surface area contributed by atoms with Crippen LogP contribution in [-0.2, 0) is 9.84 Å². The molecule has 1 heterocycles. The fraction of sp³-hybridized carbons (Fsp3) is 0.538. The molecule has 0 bridgehead atoms. The minimum absolute atomic E-state index is 0.0568. The Kier molecular flexibility index (Phi) is 4.35. The Balaban J connectivity index is 2.13. The van der Waals surface area contributed by atoms with E-state index in [0.29, 0.717) is 10.9 Å². The molecule has 1 aromatic carbocycles. The molecule has 2 unspecified atom stereocenters. The van der Waals surface area contributed by atoms with Gasteiger partial charge in [-0.15, -0.1) is 0 Å². The van der Waals surface area contributed by atoms with Gasteiger partial charge in [-0.3, -0.25) is 0 Å². The molecule has 1 aliphatic heterocycles. The van der Waals surface area contributed by atoms with Gasteiger partial charge < -0.3 is 5.32 Å². The highest BCUT2D eigenvalue weighted by atomic mass is 32.2. The fourth-order valence-electron chi connectivity index (χ4n) is 2.27. The Morgan fingerprint density at radius 1 is 1.44 bits per heavy atom. The molecule has 0 radical (unpaired) electrons. The fourth-order valence-corrected chi connectivity index (χ4v) is 4.71. The predicted molar refractivity (Wildman–Crippen MR) is 76.8 cm³/mol. The van der Waals surface area contributed by atoms with Gasteiger partial charge in [-0.2, -0.15) is 11.8 Å². The molecule has 1 N–H and O–H groups in total. The van der Waals surface area contributed by atoms with Gasteiger partial charge in [-0.1, -0.05) is 25.1 Å². The Morgan fingerprint density at radius 2 is 2.17 bits per heavy atom. The Morgan fingerprint density at radius 3 is 2.89 bits per heavy atom. The topological polar surface area (TPSA) is 46.2 Å². The van der Waals surface area contributed by atoms with Gasteiger partial charge in [0.2, 0.25) is 0 Å². The Labute approximate surface area is 113 Å². The van der Waals surface area contributed by atoms with Gasteiger partial charge in [0.05, 0.1) is 10.6 Å². The maximum atomic E-state index is 12.0. The number of thioether (sulfide) groups is 1. The molecule has 0 fully saturated rings. The molecule has 0 saturated heterocycles. The first-order valence-electron chi connectivity index (χ1n) is 6.20. The van der Waals surface area contributed by atoms with Gasteiger partial charge in [0, 0.05) is 17.8 Å². The quantitative estimate of drug-likeness (QED) is 0.901. The van der Waals surface area contributed by atoms with E-state index in [0.717, 1.165) is 17.1 Å². The second kappa shape index (κ2) is 5.63. The monoisotopic (exact) mass is 285 g/mol. The molecule has 3 nitrogen and oxygen atoms in total. The number of rotatable bonds is 5. The lowest BCUT2D eigenvalue weighted by molar-refractivity contribution is 0.513. The first-order chi connectivity index (χ1) is 8.54. The van der Waals surface area contributed by atoms with Crippen molar-refractivity contribution >= 4 is 21.6 Å². The molecule has 18 heavy (non-hydrogen) atoms. The van der Waals surface area contributed by atoms with Crippen LogP contribution in [0.3, 0.4) is 0 Å². The average Bonchev–Trinajstić information content (AvgIpc) is 2.59. The van der Waals surface area contributed by atoms with Gasteiger partial charge in [0.1, 0.15) is 0 Å². The van der Waals surface area contributed by atoms with Crippen molar-refractivity contribution in [1.29, 1.82) is 0 Å². The molecule has 2 atom stereocenters. The lowest BCUT2D eigenvalue weighted by Gasteiger charge is -2.18. The number of hydrogen-bond acceptors (Lipinski definition) is 4. The van der Waals surface area contributed by atoms with E-state index < -0.39 is 9.84 Å². The summed E-state index contributed by atoms with van der Waals surface area (Å²) in [6.45, 7) is 4.24. The summed E-state index contributed by atoms with van der Waals surface area (Å²) >= 11 is 1.87. The molecule has 0 spiro atoms. The Bertz CT molecular complexity index is 513. The van der Waals surface area contributed by atoms with Crippen molar-refractivity contribution in [3.8, 4) is 0 Å². The zero-order valence-electron chi connectivity index (χ0n) is 10.7. The normalized spacial score (nSPS) is 22.7. The molecule has 0 aromatic heterocycles. The van der Waals surface area contributed by atoms with Gasteiger partial charge >= 0.3 is 0 Å². The summed E-state index contributed by atoms with van der Waals surface area (Å²) in [5.74, 6) is 2.29.